The molecule has 0 saturated carbocycles. The number of hydrogen-bond acceptors (Lipinski definition) is 4. The first-order chi connectivity index (χ1) is 12.5. The van der Waals surface area contributed by atoms with Gasteiger partial charge in [-0.3, -0.25) is 4.79 Å². The highest BCUT2D eigenvalue weighted by Gasteiger charge is 2.33. The molecule has 142 valence electrons. The van der Waals surface area contributed by atoms with Crippen LogP contribution in [-0.4, -0.2) is 22.3 Å². The Hall–Kier alpha value is -2.28. The molecule has 1 amide bonds. The third-order valence-corrected chi connectivity index (χ3v) is 5.85. The summed E-state index contributed by atoms with van der Waals surface area (Å²) in [5.41, 5.74) is 5.02. The van der Waals surface area contributed by atoms with E-state index in [1.165, 1.54) is 31.4 Å². The average Bonchev–Trinajstić information content (AvgIpc) is 2.57. The molecule has 2 rings (SSSR count). The Kier molecular flexibility index (Phi) is 6.04. The number of benzene rings is 2. The molecular formula is C18H18BrFN3O3S+. The lowest BCUT2D eigenvalue weighted by molar-refractivity contribution is -0.121. The van der Waals surface area contributed by atoms with Crippen molar-refractivity contribution in [2.24, 2.45) is 5.73 Å². The van der Waals surface area contributed by atoms with Gasteiger partial charge in [0.15, 0.2) is 4.90 Å². The van der Waals surface area contributed by atoms with E-state index in [1.54, 1.807) is 12.1 Å². The predicted molar refractivity (Wildman–Crippen MR) is 105 cm³/mol. The van der Waals surface area contributed by atoms with Crippen LogP contribution >= 0.6 is 15.9 Å². The van der Waals surface area contributed by atoms with E-state index in [-0.39, 0.29) is 22.6 Å². The molecule has 2 atom stereocenters. The second-order valence-electron chi connectivity index (χ2n) is 6.37. The molecular weight excluding hydrogens is 437 g/mol. The zero-order valence-electron chi connectivity index (χ0n) is 14.6. The third kappa shape index (κ3) is 4.91. The fourth-order valence-electron chi connectivity index (χ4n) is 2.49. The van der Waals surface area contributed by atoms with Crippen molar-refractivity contribution in [2.75, 3.05) is 11.6 Å². The lowest BCUT2D eigenvalue weighted by atomic mass is 9.91. The lowest BCUT2D eigenvalue weighted by Gasteiger charge is -2.29. The summed E-state index contributed by atoms with van der Waals surface area (Å²) in [5.74, 6) is -1.39. The van der Waals surface area contributed by atoms with Crippen molar-refractivity contribution >= 4 is 37.7 Å². The molecule has 0 aliphatic carbocycles. The number of carbonyl (C=O) groups is 1. The molecule has 0 heterocycles. The highest BCUT2D eigenvalue weighted by Crippen LogP contribution is 2.28. The van der Waals surface area contributed by atoms with Crippen molar-refractivity contribution in [3.05, 3.63) is 57.8 Å². The smallest absolute Gasteiger partial charge is 0.244 e. The van der Waals surface area contributed by atoms with Crippen LogP contribution in [-0.2, 0) is 25.6 Å². The van der Waals surface area contributed by atoms with E-state index in [0.29, 0.717) is 10.0 Å². The van der Waals surface area contributed by atoms with E-state index in [4.69, 9.17) is 11.0 Å². The Bertz CT molecular complexity index is 969. The predicted octanol–water partition coefficient (Wildman–Crippen LogP) is 3.32. The van der Waals surface area contributed by atoms with Gasteiger partial charge in [-0.05, 0) is 52.7 Å². The molecule has 0 spiro atoms. The van der Waals surface area contributed by atoms with Gasteiger partial charge in [-0.15, -0.1) is 0 Å². The summed E-state index contributed by atoms with van der Waals surface area (Å²) >= 11 is 3.18. The molecule has 0 saturated heterocycles. The number of hydrogen-bond donors (Lipinski definition) is 3. The summed E-state index contributed by atoms with van der Waals surface area (Å²) in [6.07, 6.45) is 1.33. The quantitative estimate of drug-likeness (QED) is 0.578. The molecule has 0 radical (unpaired) electrons. The van der Waals surface area contributed by atoms with Crippen LogP contribution in [0.25, 0.3) is 0 Å². The van der Waals surface area contributed by atoms with Crippen LogP contribution in [0, 0.1) is 17.1 Å². The van der Waals surface area contributed by atoms with Gasteiger partial charge in [0.25, 0.3) is 0 Å². The van der Waals surface area contributed by atoms with Crippen LogP contribution in [0.3, 0.4) is 0 Å². The molecule has 0 fully saturated rings. The van der Waals surface area contributed by atoms with Crippen LogP contribution in [0.5, 0.6) is 0 Å². The molecule has 27 heavy (non-hydrogen) atoms. The summed E-state index contributed by atoms with van der Waals surface area (Å²) in [4.78, 5) is 12.3. The number of nitrogens with zero attached hydrogens (tertiary/aromatic N) is 1. The standard InChI is InChI=1S/C18H17BrFN3O3S/c1-18(17(22)24,9-11-3-5-13(6-4-11)27(2,25)26)23-16-8-14(19)12(10-21)7-15(16)20/h3-8,23H,9H2,1-2H3,(H2-,22,24,25,26)/p+1/t18-/m1/s1. The highest BCUT2D eigenvalue weighted by molar-refractivity contribution is 9.10. The van der Waals surface area contributed by atoms with Crippen LogP contribution in [0.15, 0.2) is 45.8 Å². The minimum absolute atomic E-state index is 0.0192. The van der Waals surface area contributed by atoms with Crippen molar-refractivity contribution in [3.8, 4) is 6.07 Å². The Balaban J connectivity index is 2.33. The Labute approximate surface area is 166 Å². The number of rotatable bonds is 6. The molecule has 2 aromatic rings. The van der Waals surface area contributed by atoms with Gasteiger partial charge < -0.3 is 11.1 Å². The van der Waals surface area contributed by atoms with Crippen molar-refractivity contribution in [1.82, 2.24) is 0 Å². The van der Waals surface area contributed by atoms with Gasteiger partial charge in [0.05, 0.1) is 11.3 Å². The van der Waals surface area contributed by atoms with E-state index in [0.717, 1.165) is 6.07 Å². The van der Waals surface area contributed by atoms with Gasteiger partial charge in [0, 0.05) is 10.9 Å². The highest BCUT2D eigenvalue weighted by atomic mass is 79.9. The Morgan fingerprint density at radius 2 is 2.00 bits per heavy atom. The molecule has 1 unspecified atom stereocenters. The van der Waals surface area contributed by atoms with Gasteiger partial charge in [-0.2, -0.15) is 9.81 Å². The summed E-state index contributed by atoms with van der Waals surface area (Å²) < 4.78 is 35.9. The van der Waals surface area contributed by atoms with E-state index in [9.17, 15) is 17.9 Å². The molecule has 4 N–H and O–H groups in total. The van der Waals surface area contributed by atoms with Crippen molar-refractivity contribution in [3.63, 3.8) is 0 Å². The second-order valence-corrected chi connectivity index (χ2v) is 9.30. The first-order valence-electron chi connectivity index (χ1n) is 7.74. The van der Waals surface area contributed by atoms with Crippen molar-refractivity contribution in [1.29, 1.82) is 5.26 Å². The van der Waals surface area contributed by atoms with Gasteiger partial charge >= 0.3 is 0 Å². The number of carbonyl (C=O) groups excluding carboxylic acids is 1. The van der Waals surface area contributed by atoms with E-state index in [1.807, 2.05) is 6.07 Å². The minimum Gasteiger partial charge on any atom is -0.369 e. The largest absolute Gasteiger partial charge is 0.369 e. The van der Waals surface area contributed by atoms with E-state index >= 15 is 0 Å². The molecule has 6 nitrogen and oxygen atoms in total. The fraction of sp³-hybridized carbons (Fsp3) is 0.222. The zero-order valence-corrected chi connectivity index (χ0v) is 17.0. The maximum absolute atomic E-state index is 14.3. The maximum atomic E-state index is 14.3. The second kappa shape index (κ2) is 7.76. The molecule has 2 aromatic carbocycles. The third-order valence-electron chi connectivity index (χ3n) is 4.05. The lowest BCUT2D eigenvalue weighted by Crippen LogP contribution is -2.49. The van der Waals surface area contributed by atoms with Crippen LogP contribution in [0.4, 0.5) is 10.1 Å². The SMILES string of the molecule is C[C@](Cc1ccc([S+](C)(=O)O)cc1)(Nc1cc(Br)c(C#N)cc1F)C(N)=O. The zero-order chi connectivity index (χ0) is 20.4. The molecule has 0 bridgehead atoms. The minimum atomic E-state index is -3.08. The molecule has 0 aromatic heterocycles. The Morgan fingerprint density at radius 3 is 2.48 bits per heavy atom. The van der Waals surface area contributed by atoms with E-state index in [2.05, 4.69) is 21.2 Å². The topological polar surface area (TPSA) is 116 Å². The van der Waals surface area contributed by atoms with Crippen LogP contribution in [0.2, 0.25) is 0 Å². The van der Waals surface area contributed by atoms with Gasteiger partial charge in [0.1, 0.15) is 23.7 Å². The number of nitriles is 1. The molecule has 9 heteroatoms. The summed E-state index contributed by atoms with van der Waals surface area (Å²) in [6, 6.07) is 10.5. The van der Waals surface area contributed by atoms with Gasteiger partial charge in [0.2, 0.25) is 16.1 Å². The fourth-order valence-corrected chi connectivity index (χ4v) is 3.56. The van der Waals surface area contributed by atoms with Gasteiger partial charge in [-0.1, -0.05) is 16.3 Å². The van der Waals surface area contributed by atoms with Crippen molar-refractivity contribution in [2.45, 2.75) is 23.8 Å². The van der Waals surface area contributed by atoms with Crippen LogP contribution in [0.1, 0.15) is 18.1 Å². The normalized spacial score (nSPS) is 15.3. The summed E-state index contributed by atoms with van der Waals surface area (Å²) in [7, 11) is -3.08. The first-order valence-corrected chi connectivity index (χ1v) is 10.5. The maximum Gasteiger partial charge on any atom is 0.244 e. The molecule has 0 aliphatic heterocycles. The number of primary amides is 1. The van der Waals surface area contributed by atoms with Crippen molar-refractivity contribution < 1.29 is 17.9 Å². The first kappa shape index (κ1) is 21.0. The monoisotopic (exact) mass is 454 g/mol. The number of anilines is 1. The molecule has 0 aliphatic rings. The number of amides is 1. The average molecular weight is 455 g/mol. The summed E-state index contributed by atoms with van der Waals surface area (Å²) in [5, 5.41) is 11.8. The summed E-state index contributed by atoms with van der Waals surface area (Å²) in [6.45, 7) is 1.53. The number of nitrogens with one attached hydrogen (secondary N) is 1. The Morgan fingerprint density at radius 1 is 1.41 bits per heavy atom. The number of nitrogens with two attached hydrogens (primary N) is 1. The van der Waals surface area contributed by atoms with Crippen LogP contribution < -0.4 is 11.1 Å². The number of halogens is 2. The van der Waals surface area contributed by atoms with E-state index < -0.39 is 27.5 Å². The van der Waals surface area contributed by atoms with Gasteiger partial charge in [-0.25, -0.2) is 4.39 Å².